The van der Waals surface area contributed by atoms with E-state index in [4.69, 9.17) is 0 Å². The number of hydrogen-bond donors (Lipinski definition) is 1. The molecule has 3 heteroatoms. The van der Waals surface area contributed by atoms with Gasteiger partial charge >= 0.3 is 0 Å². The van der Waals surface area contributed by atoms with Crippen LogP contribution in [0.4, 0.5) is 4.39 Å². The molecular formula is C14H21FN2. The summed E-state index contributed by atoms with van der Waals surface area (Å²) in [5, 5.41) is 3.44. The monoisotopic (exact) mass is 236 g/mol. The van der Waals surface area contributed by atoms with Crippen LogP contribution in [0.5, 0.6) is 0 Å². The molecule has 0 saturated carbocycles. The molecule has 2 nitrogen and oxygen atoms in total. The molecule has 17 heavy (non-hydrogen) atoms. The zero-order valence-corrected chi connectivity index (χ0v) is 10.6. The van der Waals surface area contributed by atoms with Crippen LogP contribution in [0.25, 0.3) is 0 Å². The normalized spacial score (nSPS) is 23.6. The predicted molar refractivity (Wildman–Crippen MR) is 68.6 cm³/mol. The Labute approximate surface area is 103 Å². The summed E-state index contributed by atoms with van der Waals surface area (Å²) in [4.78, 5) is 2.48. The van der Waals surface area contributed by atoms with Gasteiger partial charge in [0.1, 0.15) is 5.82 Å². The zero-order chi connectivity index (χ0) is 12.3. The Morgan fingerprint density at radius 3 is 3.06 bits per heavy atom. The van der Waals surface area contributed by atoms with Gasteiger partial charge in [-0.2, -0.15) is 0 Å². The fraction of sp³-hybridized carbons (Fsp3) is 0.571. The standard InChI is InChI=1S/C14H21FN2/c1-11-10-17(7-6-16-11)12(2)8-13-4-3-5-14(15)9-13/h3-5,9,11-12,16H,6-8,10H2,1-2H3. The van der Waals surface area contributed by atoms with E-state index in [2.05, 4.69) is 24.1 Å². The summed E-state index contributed by atoms with van der Waals surface area (Å²) in [5.41, 5.74) is 1.09. The molecule has 0 radical (unpaired) electrons. The van der Waals surface area contributed by atoms with Crippen LogP contribution >= 0.6 is 0 Å². The minimum Gasteiger partial charge on any atom is -0.312 e. The smallest absolute Gasteiger partial charge is 0.123 e. The van der Waals surface area contributed by atoms with Gasteiger partial charge in [-0.05, 0) is 38.0 Å². The topological polar surface area (TPSA) is 15.3 Å². The quantitative estimate of drug-likeness (QED) is 0.864. The minimum absolute atomic E-state index is 0.136. The Hall–Kier alpha value is -0.930. The van der Waals surface area contributed by atoms with Crippen molar-refractivity contribution < 1.29 is 4.39 Å². The molecule has 0 aliphatic carbocycles. The van der Waals surface area contributed by atoms with E-state index in [0.717, 1.165) is 31.6 Å². The highest BCUT2D eigenvalue weighted by atomic mass is 19.1. The van der Waals surface area contributed by atoms with Crippen molar-refractivity contribution in [1.82, 2.24) is 10.2 Å². The fourth-order valence-electron chi connectivity index (χ4n) is 2.50. The Bertz CT molecular complexity index is 367. The van der Waals surface area contributed by atoms with E-state index in [-0.39, 0.29) is 5.82 Å². The molecule has 1 N–H and O–H groups in total. The van der Waals surface area contributed by atoms with Crippen molar-refractivity contribution in [2.24, 2.45) is 0 Å². The molecule has 2 atom stereocenters. The highest BCUT2D eigenvalue weighted by Crippen LogP contribution is 2.12. The molecule has 1 heterocycles. The van der Waals surface area contributed by atoms with E-state index in [1.165, 1.54) is 6.07 Å². The number of piperazine rings is 1. The third kappa shape index (κ3) is 3.51. The number of rotatable bonds is 3. The van der Waals surface area contributed by atoms with E-state index in [9.17, 15) is 4.39 Å². The number of benzene rings is 1. The van der Waals surface area contributed by atoms with E-state index < -0.39 is 0 Å². The third-order valence-electron chi connectivity index (χ3n) is 3.44. The van der Waals surface area contributed by atoms with Crippen LogP contribution in [-0.4, -0.2) is 36.6 Å². The van der Waals surface area contributed by atoms with Crippen LogP contribution in [0.1, 0.15) is 19.4 Å². The van der Waals surface area contributed by atoms with Gasteiger partial charge in [-0.15, -0.1) is 0 Å². The molecule has 0 bridgehead atoms. The molecule has 0 spiro atoms. The summed E-state index contributed by atoms with van der Waals surface area (Å²) in [6.07, 6.45) is 0.921. The maximum absolute atomic E-state index is 13.1. The first kappa shape index (κ1) is 12.5. The van der Waals surface area contributed by atoms with Crippen LogP contribution < -0.4 is 5.32 Å². The fourth-order valence-corrected chi connectivity index (χ4v) is 2.50. The molecule has 1 aromatic carbocycles. The van der Waals surface area contributed by atoms with Crippen LogP contribution in [0.2, 0.25) is 0 Å². The average Bonchev–Trinajstić information content (AvgIpc) is 2.29. The summed E-state index contributed by atoms with van der Waals surface area (Å²) in [6.45, 7) is 7.65. The van der Waals surface area contributed by atoms with Crippen LogP contribution in [0.3, 0.4) is 0 Å². The van der Waals surface area contributed by atoms with Crippen LogP contribution in [0.15, 0.2) is 24.3 Å². The summed E-state index contributed by atoms with van der Waals surface area (Å²) in [7, 11) is 0. The predicted octanol–water partition coefficient (Wildman–Crippen LogP) is 2.05. The van der Waals surface area contributed by atoms with Crippen molar-refractivity contribution in [3.05, 3.63) is 35.6 Å². The van der Waals surface area contributed by atoms with Crippen molar-refractivity contribution in [3.8, 4) is 0 Å². The van der Waals surface area contributed by atoms with E-state index in [1.54, 1.807) is 12.1 Å². The highest BCUT2D eigenvalue weighted by Gasteiger charge is 2.20. The number of hydrogen-bond acceptors (Lipinski definition) is 2. The molecule has 2 unspecified atom stereocenters. The number of nitrogens with one attached hydrogen (secondary N) is 1. The first-order chi connectivity index (χ1) is 8.15. The summed E-state index contributed by atoms with van der Waals surface area (Å²) >= 11 is 0. The summed E-state index contributed by atoms with van der Waals surface area (Å²) in [5.74, 6) is -0.136. The second-order valence-electron chi connectivity index (χ2n) is 5.03. The van der Waals surface area contributed by atoms with Crippen LogP contribution in [0, 0.1) is 5.82 Å². The van der Waals surface area contributed by atoms with Crippen molar-refractivity contribution in [3.63, 3.8) is 0 Å². The first-order valence-corrected chi connectivity index (χ1v) is 6.37. The zero-order valence-electron chi connectivity index (χ0n) is 10.6. The second kappa shape index (κ2) is 5.61. The maximum atomic E-state index is 13.1. The van der Waals surface area contributed by atoms with Crippen molar-refractivity contribution in [1.29, 1.82) is 0 Å². The summed E-state index contributed by atoms with van der Waals surface area (Å²) < 4.78 is 13.1. The lowest BCUT2D eigenvalue weighted by Crippen LogP contribution is -2.52. The lowest BCUT2D eigenvalue weighted by Gasteiger charge is -2.36. The van der Waals surface area contributed by atoms with Gasteiger partial charge in [0.2, 0.25) is 0 Å². The van der Waals surface area contributed by atoms with Crippen LogP contribution in [-0.2, 0) is 6.42 Å². The minimum atomic E-state index is -0.136. The molecule has 1 fully saturated rings. The molecule has 2 rings (SSSR count). The molecule has 0 amide bonds. The lowest BCUT2D eigenvalue weighted by atomic mass is 10.0. The van der Waals surface area contributed by atoms with Gasteiger partial charge in [0.25, 0.3) is 0 Å². The number of nitrogens with zero attached hydrogens (tertiary/aromatic N) is 1. The molecule has 1 saturated heterocycles. The molecular weight excluding hydrogens is 215 g/mol. The third-order valence-corrected chi connectivity index (χ3v) is 3.44. The average molecular weight is 236 g/mol. The van der Waals surface area contributed by atoms with E-state index in [1.807, 2.05) is 6.07 Å². The largest absolute Gasteiger partial charge is 0.312 e. The van der Waals surface area contributed by atoms with Crippen molar-refractivity contribution in [2.75, 3.05) is 19.6 Å². The van der Waals surface area contributed by atoms with Gasteiger partial charge in [0, 0.05) is 31.7 Å². The Morgan fingerprint density at radius 2 is 2.35 bits per heavy atom. The number of halogens is 1. The van der Waals surface area contributed by atoms with Gasteiger partial charge in [-0.25, -0.2) is 4.39 Å². The second-order valence-corrected chi connectivity index (χ2v) is 5.03. The Kier molecular flexibility index (Phi) is 4.13. The van der Waals surface area contributed by atoms with E-state index >= 15 is 0 Å². The van der Waals surface area contributed by atoms with Gasteiger partial charge < -0.3 is 5.32 Å². The van der Waals surface area contributed by atoms with Gasteiger partial charge in [0.05, 0.1) is 0 Å². The SMILES string of the molecule is CC1CN(C(C)Cc2cccc(F)c2)CCN1. The Morgan fingerprint density at radius 1 is 1.53 bits per heavy atom. The molecule has 1 aliphatic rings. The van der Waals surface area contributed by atoms with Gasteiger partial charge in [-0.1, -0.05) is 12.1 Å². The maximum Gasteiger partial charge on any atom is 0.123 e. The molecule has 1 aliphatic heterocycles. The van der Waals surface area contributed by atoms with Gasteiger partial charge in [0.15, 0.2) is 0 Å². The van der Waals surface area contributed by atoms with Gasteiger partial charge in [-0.3, -0.25) is 4.90 Å². The lowest BCUT2D eigenvalue weighted by molar-refractivity contribution is 0.157. The van der Waals surface area contributed by atoms with Crippen molar-refractivity contribution >= 4 is 0 Å². The molecule has 94 valence electrons. The molecule has 1 aromatic rings. The van der Waals surface area contributed by atoms with Crippen molar-refractivity contribution in [2.45, 2.75) is 32.4 Å². The highest BCUT2D eigenvalue weighted by molar-refractivity contribution is 5.17. The summed E-state index contributed by atoms with van der Waals surface area (Å²) in [6, 6.07) is 7.96. The first-order valence-electron chi connectivity index (χ1n) is 6.37. The molecule has 0 aromatic heterocycles. The van der Waals surface area contributed by atoms with E-state index in [0.29, 0.717) is 12.1 Å². The Balaban J connectivity index is 1.94.